The first kappa shape index (κ1) is 18.8. The van der Waals surface area contributed by atoms with Crippen molar-refractivity contribution < 1.29 is 18.8 Å². The molecule has 2 aromatic heterocycles. The molecule has 1 fully saturated rings. The van der Waals surface area contributed by atoms with Gasteiger partial charge in [-0.3, -0.25) is 14.5 Å². The summed E-state index contributed by atoms with van der Waals surface area (Å²) in [5, 5.41) is 6.66. The van der Waals surface area contributed by atoms with E-state index in [0.717, 1.165) is 21.4 Å². The summed E-state index contributed by atoms with van der Waals surface area (Å²) in [6, 6.07) is 10.3. The van der Waals surface area contributed by atoms with E-state index in [4.69, 9.17) is 4.42 Å². The van der Waals surface area contributed by atoms with Crippen LogP contribution in [-0.2, 0) is 22.6 Å². The predicted molar refractivity (Wildman–Crippen MR) is 106 cm³/mol. The highest BCUT2D eigenvalue weighted by Crippen LogP contribution is 2.18. The summed E-state index contributed by atoms with van der Waals surface area (Å²) in [6.07, 6.45) is 4.59. The first-order valence-corrected chi connectivity index (χ1v) is 9.58. The molecule has 1 aliphatic heterocycles. The molecular formula is C21H22N4O4. The standard InChI is InChI=1S/C21H22N4O4/c26-19(22-10-9-14-12-23-17-6-2-1-5-16(14)17)8-7-18-20(27)25(21(28)24-18)13-15-4-3-11-29-15/h1-6,11-12,18,23H,7-10,13H2,(H,22,26)(H,24,28)/t18-/m1/s1. The number of rotatable bonds is 8. The zero-order chi connectivity index (χ0) is 20.2. The molecule has 29 heavy (non-hydrogen) atoms. The van der Waals surface area contributed by atoms with E-state index in [2.05, 4.69) is 15.6 Å². The van der Waals surface area contributed by atoms with Gasteiger partial charge in [-0.05, 0) is 36.6 Å². The lowest BCUT2D eigenvalue weighted by Gasteiger charge is -2.11. The van der Waals surface area contributed by atoms with E-state index in [9.17, 15) is 14.4 Å². The van der Waals surface area contributed by atoms with Crippen LogP contribution in [0, 0.1) is 0 Å². The van der Waals surface area contributed by atoms with Crippen LogP contribution in [0.15, 0.2) is 53.3 Å². The molecule has 1 atom stereocenters. The molecule has 8 nitrogen and oxygen atoms in total. The number of aromatic nitrogens is 1. The SMILES string of the molecule is O=C(CC[C@H]1NC(=O)N(Cc2ccco2)C1=O)NCCc1c[nH]c2ccccc12. The summed E-state index contributed by atoms with van der Waals surface area (Å²) in [5.74, 6) is 0.0542. The number of amides is 4. The van der Waals surface area contributed by atoms with Gasteiger partial charge in [0.2, 0.25) is 5.91 Å². The first-order valence-electron chi connectivity index (χ1n) is 9.58. The van der Waals surface area contributed by atoms with Crippen molar-refractivity contribution in [2.24, 2.45) is 0 Å². The van der Waals surface area contributed by atoms with E-state index in [1.165, 1.54) is 6.26 Å². The number of nitrogens with zero attached hydrogens (tertiary/aromatic N) is 1. The summed E-state index contributed by atoms with van der Waals surface area (Å²) in [4.78, 5) is 40.9. The Morgan fingerprint density at radius 3 is 2.86 bits per heavy atom. The quantitative estimate of drug-likeness (QED) is 0.510. The molecular weight excluding hydrogens is 372 g/mol. The van der Waals surface area contributed by atoms with Gasteiger partial charge in [0.15, 0.2) is 0 Å². The molecule has 0 radical (unpaired) electrons. The van der Waals surface area contributed by atoms with Gasteiger partial charge in [-0.2, -0.15) is 0 Å². The van der Waals surface area contributed by atoms with E-state index >= 15 is 0 Å². The second kappa shape index (κ2) is 8.22. The van der Waals surface area contributed by atoms with Gasteiger partial charge in [0.1, 0.15) is 11.8 Å². The number of H-pyrrole nitrogens is 1. The van der Waals surface area contributed by atoms with Crippen molar-refractivity contribution in [3.05, 3.63) is 60.2 Å². The maximum atomic E-state index is 12.4. The summed E-state index contributed by atoms with van der Waals surface area (Å²) in [7, 11) is 0. The van der Waals surface area contributed by atoms with Crippen LogP contribution in [0.25, 0.3) is 10.9 Å². The van der Waals surface area contributed by atoms with Crippen LogP contribution < -0.4 is 10.6 Å². The fraction of sp³-hybridized carbons (Fsp3) is 0.286. The fourth-order valence-electron chi connectivity index (χ4n) is 3.52. The van der Waals surface area contributed by atoms with Gasteiger partial charge in [-0.1, -0.05) is 18.2 Å². The number of fused-ring (bicyclic) bond motifs is 1. The third-order valence-corrected chi connectivity index (χ3v) is 5.05. The predicted octanol–water partition coefficient (Wildman–Crippen LogP) is 2.32. The number of imide groups is 1. The Bertz CT molecular complexity index is 1020. The minimum Gasteiger partial charge on any atom is -0.467 e. The van der Waals surface area contributed by atoms with Gasteiger partial charge in [-0.25, -0.2) is 4.79 Å². The van der Waals surface area contributed by atoms with Gasteiger partial charge in [0, 0.05) is 30.1 Å². The number of urea groups is 1. The minimum absolute atomic E-state index is 0.0883. The molecule has 0 bridgehead atoms. The Labute approximate surface area is 167 Å². The van der Waals surface area contributed by atoms with Crippen LogP contribution in [0.5, 0.6) is 0 Å². The molecule has 4 rings (SSSR count). The topological polar surface area (TPSA) is 107 Å². The smallest absolute Gasteiger partial charge is 0.325 e. The second-order valence-electron chi connectivity index (χ2n) is 7.00. The number of para-hydroxylation sites is 1. The van der Waals surface area contributed by atoms with Gasteiger partial charge >= 0.3 is 6.03 Å². The van der Waals surface area contributed by atoms with E-state index in [-0.39, 0.29) is 31.2 Å². The largest absolute Gasteiger partial charge is 0.467 e. The van der Waals surface area contributed by atoms with Gasteiger partial charge in [0.05, 0.1) is 12.8 Å². The highest BCUT2D eigenvalue weighted by Gasteiger charge is 2.38. The third-order valence-electron chi connectivity index (χ3n) is 5.05. The molecule has 0 unspecified atom stereocenters. The Hall–Kier alpha value is -3.55. The molecule has 8 heteroatoms. The van der Waals surface area contributed by atoms with Crippen molar-refractivity contribution in [2.75, 3.05) is 6.54 Å². The molecule has 1 aliphatic rings. The first-order chi connectivity index (χ1) is 14.1. The van der Waals surface area contributed by atoms with E-state index in [1.807, 2.05) is 30.5 Å². The number of nitrogens with one attached hydrogen (secondary N) is 3. The number of carbonyl (C=O) groups is 3. The number of hydrogen-bond donors (Lipinski definition) is 3. The van der Waals surface area contributed by atoms with Crippen LogP contribution in [0.4, 0.5) is 4.79 Å². The maximum Gasteiger partial charge on any atom is 0.325 e. The van der Waals surface area contributed by atoms with Crippen molar-refractivity contribution in [1.29, 1.82) is 0 Å². The second-order valence-corrected chi connectivity index (χ2v) is 7.00. The average Bonchev–Trinajstić information content (AvgIpc) is 3.44. The Morgan fingerprint density at radius 2 is 2.03 bits per heavy atom. The van der Waals surface area contributed by atoms with Crippen LogP contribution in [0.1, 0.15) is 24.2 Å². The normalized spacial score (nSPS) is 16.4. The van der Waals surface area contributed by atoms with Gasteiger partial charge < -0.3 is 20.0 Å². The molecule has 1 aromatic carbocycles. The minimum atomic E-state index is -0.683. The monoisotopic (exact) mass is 394 g/mol. The molecule has 4 amide bonds. The summed E-state index contributed by atoms with van der Waals surface area (Å²) in [5.41, 5.74) is 2.22. The highest BCUT2D eigenvalue weighted by molar-refractivity contribution is 6.04. The Balaban J connectivity index is 1.22. The Morgan fingerprint density at radius 1 is 1.17 bits per heavy atom. The summed E-state index contributed by atoms with van der Waals surface area (Å²) >= 11 is 0. The zero-order valence-electron chi connectivity index (χ0n) is 15.8. The molecule has 0 aliphatic carbocycles. The zero-order valence-corrected chi connectivity index (χ0v) is 15.8. The van der Waals surface area contributed by atoms with Crippen LogP contribution in [0.2, 0.25) is 0 Å². The van der Waals surface area contributed by atoms with Crippen molar-refractivity contribution in [1.82, 2.24) is 20.5 Å². The lowest BCUT2D eigenvalue weighted by molar-refractivity contribution is -0.128. The third kappa shape index (κ3) is 4.16. The lowest BCUT2D eigenvalue weighted by atomic mass is 10.1. The summed E-state index contributed by atoms with van der Waals surface area (Å²) < 4.78 is 5.19. The van der Waals surface area contributed by atoms with Crippen LogP contribution in [-0.4, -0.2) is 40.3 Å². The van der Waals surface area contributed by atoms with Crippen LogP contribution >= 0.6 is 0 Å². The molecule has 0 spiro atoms. The molecule has 0 saturated carbocycles. The molecule has 150 valence electrons. The molecule has 1 saturated heterocycles. The number of carbonyl (C=O) groups excluding carboxylic acids is 3. The van der Waals surface area contributed by atoms with Crippen molar-refractivity contribution in [3.8, 4) is 0 Å². The molecule has 3 aromatic rings. The number of aromatic amines is 1. The van der Waals surface area contributed by atoms with E-state index in [0.29, 0.717) is 18.7 Å². The molecule has 3 N–H and O–H groups in total. The number of hydrogen-bond acceptors (Lipinski definition) is 4. The number of benzene rings is 1. The van der Waals surface area contributed by atoms with E-state index in [1.54, 1.807) is 12.1 Å². The van der Waals surface area contributed by atoms with Crippen molar-refractivity contribution in [3.63, 3.8) is 0 Å². The average molecular weight is 394 g/mol. The van der Waals surface area contributed by atoms with E-state index < -0.39 is 12.1 Å². The summed E-state index contributed by atoms with van der Waals surface area (Å²) in [6.45, 7) is 0.598. The molecule has 3 heterocycles. The highest BCUT2D eigenvalue weighted by atomic mass is 16.3. The van der Waals surface area contributed by atoms with Crippen molar-refractivity contribution >= 4 is 28.7 Å². The number of furan rings is 1. The Kier molecular flexibility index (Phi) is 5.33. The maximum absolute atomic E-state index is 12.4. The van der Waals surface area contributed by atoms with Crippen LogP contribution in [0.3, 0.4) is 0 Å². The van der Waals surface area contributed by atoms with Crippen molar-refractivity contribution in [2.45, 2.75) is 31.8 Å². The lowest BCUT2D eigenvalue weighted by Crippen LogP contribution is -2.33. The van der Waals surface area contributed by atoms with Gasteiger partial charge in [-0.15, -0.1) is 0 Å². The van der Waals surface area contributed by atoms with Gasteiger partial charge in [0.25, 0.3) is 5.91 Å². The fourth-order valence-corrected chi connectivity index (χ4v) is 3.52.